The van der Waals surface area contributed by atoms with Crippen molar-refractivity contribution < 1.29 is 8.42 Å². The highest BCUT2D eigenvalue weighted by molar-refractivity contribution is 7.91. The van der Waals surface area contributed by atoms with Crippen LogP contribution in [0.3, 0.4) is 0 Å². The van der Waals surface area contributed by atoms with Gasteiger partial charge in [0.2, 0.25) is 0 Å². The number of rotatable bonds is 3. The fourth-order valence-electron chi connectivity index (χ4n) is 3.18. The molecule has 1 aromatic rings. The first-order chi connectivity index (χ1) is 10.0. The van der Waals surface area contributed by atoms with Gasteiger partial charge >= 0.3 is 0 Å². The topological polar surface area (TPSA) is 62.3 Å². The molecule has 0 spiro atoms. The lowest BCUT2D eigenvalue weighted by Gasteiger charge is -2.28. The highest BCUT2D eigenvalue weighted by Crippen LogP contribution is 2.27. The molecule has 0 bridgehead atoms. The van der Waals surface area contributed by atoms with Crippen LogP contribution < -0.4 is 5.32 Å². The molecule has 5 nitrogen and oxygen atoms in total. The van der Waals surface area contributed by atoms with Crippen molar-refractivity contribution in [2.24, 2.45) is 0 Å². The number of anilines is 1. The molecule has 21 heavy (non-hydrogen) atoms. The van der Waals surface area contributed by atoms with Crippen molar-refractivity contribution in [2.45, 2.75) is 31.2 Å². The summed E-state index contributed by atoms with van der Waals surface area (Å²) < 4.78 is 22.9. The van der Waals surface area contributed by atoms with E-state index in [1.807, 2.05) is 12.3 Å². The Labute approximate surface area is 126 Å². The predicted octanol–water partition coefficient (Wildman–Crippen LogP) is 1.49. The molecule has 2 fully saturated rings. The molecule has 1 N–H and O–H groups in total. The van der Waals surface area contributed by atoms with Crippen LogP contribution >= 0.6 is 0 Å². The van der Waals surface area contributed by atoms with Crippen LogP contribution in [0.25, 0.3) is 0 Å². The van der Waals surface area contributed by atoms with E-state index in [9.17, 15) is 8.42 Å². The van der Waals surface area contributed by atoms with E-state index in [2.05, 4.69) is 28.3 Å². The average Bonchev–Trinajstić information content (AvgIpc) is 2.80. The number of pyridine rings is 1. The minimum absolute atomic E-state index is 0.0333. The molecule has 0 amide bonds. The SMILES string of the molecule is CN1CCC(c2ccc(N[C@H]3CCS(=O)(=O)C3)cn2)CC1. The molecule has 0 aromatic carbocycles. The number of likely N-dealkylation sites (tertiary alicyclic amines) is 1. The first-order valence-corrected chi connectivity index (χ1v) is 9.45. The summed E-state index contributed by atoms with van der Waals surface area (Å²) >= 11 is 0. The molecule has 116 valence electrons. The zero-order chi connectivity index (χ0) is 14.9. The van der Waals surface area contributed by atoms with Crippen LogP contribution in [0.1, 0.15) is 30.9 Å². The van der Waals surface area contributed by atoms with Crippen molar-refractivity contribution in [3.8, 4) is 0 Å². The normalized spacial score (nSPS) is 26.8. The first-order valence-electron chi connectivity index (χ1n) is 7.63. The molecule has 1 atom stereocenters. The van der Waals surface area contributed by atoms with Gasteiger partial charge in [0.15, 0.2) is 9.84 Å². The Morgan fingerprint density at radius 3 is 2.57 bits per heavy atom. The monoisotopic (exact) mass is 309 g/mol. The van der Waals surface area contributed by atoms with Crippen LogP contribution in [-0.2, 0) is 9.84 Å². The molecule has 2 aliphatic heterocycles. The Morgan fingerprint density at radius 1 is 1.24 bits per heavy atom. The Balaban J connectivity index is 1.59. The molecule has 0 unspecified atom stereocenters. The van der Waals surface area contributed by atoms with Gasteiger partial charge in [-0.25, -0.2) is 8.42 Å². The number of sulfone groups is 1. The van der Waals surface area contributed by atoms with Crippen LogP contribution in [0.2, 0.25) is 0 Å². The lowest BCUT2D eigenvalue weighted by atomic mass is 9.93. The van der Waals surface area contributed by atoms with E-state index in [1.54, 1.807) is 0 Å². The van der Waals surface area contributed by atoms with E-state index in [4.69, 9.17) is 0 Å². The van der Waals surface area contributed by atoms with Crippen LogP contribution in [0.5, 0.6) is 0 Å². The number of hydrogen-bond acceptors (Lipinski definition) is 5. The van der Waals surface area contributed by atoms with Gasteiger partial charge in [-0.2, -0.15) is 0 Å². The van der Waals surface area contributed by atoms with Crippen molar-refractivity contribution in [3.05, 3.63) is 24.0 Å². The second kappa shape index (κ2) is 5.93. The van der Waals surface area contributed by atoms with Gasteiger partial charge in [0.1, 0.15) is 0 Å². The van der Waals surface area contributed by atoms with E-state index in [0.717, 1.165) is 37.3 Å². The maximum absolute atomic E-state index is 11.5. The third-order valence-corrected chi connectivity index (χ3v) is 6.29. The van der Waals surface area contributed by atoms with E-state index in [1.165, 1.54) is 0 Å². The molecule has 0 radical (unpaired) electrons. The fourth-order valence-corrected chi connectivity index (χ4v) is 4.85. The van der Waals surface area contributed by atoms with Crippen LogP contribution in [0, 0.1) is 0 Å². The zero-order valence-electron chi connectivity index (χ0n) is 12.5. The molecule has 3 heterocycles. The molecule has 6 heteroatoms. The van der Waals surface area contributed by atoms with Crippen molar-refractivity contribution in [2.75, 3.05) is 37.0 Å². The Bertz CT molecular complexity index is 577. The average molecular weight is 309 g/mol. The quantitative estimate of drug-likeness (QED) is 0.916. The summed E-state index contributed by atoms with van der Waals surface area (Å²) in [6.45, 7) is 2.26. The lowest BCUT2D eigenvalue weighted by Crippen LogP contribution is -2.29. The largest absolute Gasteiger partial charge is 0.380 e. The lowest BCUT2D eigenvalue weighted by molar-refractivity contribution is 0.253. The van der Waals surface area contributed by atoms with E-state index in [0.29, 0.717) is 18.1 Å². The Morgan fingerprint density at radius 2 is 2.00 bits per heavy atom. The van der Waals surface area contributed by atoms with Gasteiger partial charge < -0.3 is 10.2 Å². The summed E-state index contributed by atoms with van der Waals surface area (Å²) in [6, 6.07) is 4.15. The van der Waals surface area contributed by atoms with Crippen molar-refractivity contribution in [1.29, 1.82) is 0 Å². The number of nitrogens with one attached hydrogen (secondary N) is 1. The maximum atomic E-state index is 11.5. The first kappa shape index (κ1) is 14.8. The third kappa shape index (κ3) is 3.74. The van der Waals surface area contributed by atoms with E-state index < -0.39 is 9.84 Å². The minimum atomic E-state index is -2.83. The van der Waals surface area contributed by atoms with Crippen molar-refractivity contribution >= 4 is 15.5 Å². The summed E-state index contributed by atoms with van der Waals surface area (Å²) in [7, 11) is -0.675. The molecular formula is C15H23N3O2S. The maximum Gasteiger partial charge on any atom is 0.152 e. The number of aromatic nitrogens is 1. The van der Waals surface area contributed by atoms with Crippen LogP contribution in [0.15, 0.2) is 18.3 Å². The summed E-state index contributed by atoms with van der Waals surface area (Å²) in [6.07, 6.45) is 4.87. The van der Waals surface area contributed by atoms with Gasteiger partial charge in [-0.3, -0.25) is 4.98 Å². The second-order valence-electron chi connectivity index (χ2n) is 6.29. The van der Waals surface area contributed by atoms with Gasteiger partial charge in [0.25, 0.3) is 0 Å². The smallest absolute Gasteiger partial charge is 0.152 e. The molecule has 2 aliphatic rings. The number of nitrogens with zero attached hydrogens (tertiary/aromatic N) is 2. The molecule has 2 saturated heterocycles. The molecular weight excluding hydrogens is 286 g/mol. The minimum Gasteiger partial charge on any atom is -0.380 e. The van der Waals surface area contributed by atoms with Gasteiger partial charge in [-0.05, 0) is 51.5 Å². The second-order valence-corrected chi connectivity index (χ2v) is 8.52. The summed E-state index contributed by atoms with van der Waals surface area (Å²) in [5.41, 5.74) is 2.08. The Kier molecular flexibility index (Phi) is 4.17. The van der Waals surface area contributed by atoms with Crippen molar-refractivity contribution in [1.82, 2.24) is 9.88 Å². The molecule has 0 saturated carbocycles. The summed E-state index contributed by atoms with van der Waals surface area (Å²) in [4.78, 5) is 6.93. The predicted molar refractivity (Wildman–Crippen MR) is 84.4 cm³/mol. The third-order valence-electron chi connectivity index (χ3n) is 4.53. The summed E-state index contributed by atoms with van der Waals surface area (Å²) in [5.74, 6) is 1.09. The van der Waals surface area contributed by atoms with Crippen molar-refractivity contribution in [3.63, 3.8) is 0 Å². The number of hydrogen-bond donors (Lipinski definition) is 1. The van der Waals surface area contributed by atoms with Crippen LogP contribution in [0.4, 0.5) is 5.69 Å². The standard InChI is InChI=1S/C15H23N3O2S/c1-18-7-4-12(5-8-18)15-3-2-13(10-16-15)17-14-6-9-21(19,20)11-14/h2-3,10,12,14,17H,4-9,11H2,1H3/t14-/m0/s1. The van der Waals surface area contributed by atoms with Crippen LogP contribution in [-0.4, -0.2) is 56.0 Å². The number of piperidine rings is 1. The molecule has 0 aliphatic carbocycles. The summed E-state index contributed by atoms with van der Waals surface area (Å²) in [5, 5.41) is 3.28. The van der Waals surface area contributed by atoms with Gasteiger partial charge in [0, 0.05) is 17.7 Å². The zero-order valence-corrected chi connectivity index (χ0v) is 13.3. The highest BCUT2D eigenvalue weighted by atomic mass is 32.2. The molecule has 3 rings (SSSR count). The van der Waals surface area contributed by atoms with Gasteiger partial charge in [-0.15, -0.1) is 0 Å². The fraction of sp³-hybridized carbons (Fsp3) is 0.667. The highest BCUT2D eigenvalue weighted by Gasteiger charge is 2.27. The Hall–Kier alpha value is -1.14. The van der Waals surface area contributed by atoms with Gasteiger partial charge in [0.05, 0.1) is 23.4 Å². The van der Waals surface area contributed by atoms with E-state index >= 15 is 0 Å². The van der Waals surface area contributed by atoms with Gasteiger partial charge in [-0.1, -0.05) is 0 Å². The molecule has 1 aromatic heterocycles. The van der Waals surface area contributed by atoms with E-state index in [-0.39, 0.29) is 11.8 Å².